The van der Waals surface area contributed by atoms with E-state index in [4.69, 9.17) is 4.74 Å². The fourth-order valence-corrected chi connectivity index (χ4v) is 2.34. The standard InChI is InChI=1S/C13H14N2O4S/c1-15(2)12(17)6-19-13(18)8-3-4-10-9(5-8)14-11(16)7-20-10/h3-5H,6-7H2,1-2H3,(H,14,16). The molecule has 1 aliphatic heterocycles. The van der Waals surface area contributed by atoms with Crippen LogP contribution in [0.2, 0.25) is 0 Å². The maximum atomic E-state index is 11.8. The van der Waals surface area contributed by atoms with Crippen LogP contribution in [0.15, 0.2) is 23.1 Å². The normalized spacial score (nSPS) is 13.2. The molecular formula is C13H14N2O4S. The van der Waals surface area contributed by atoms with Crippen LogP contribution >= 0.6 is 11.8 Å². The first-order chi connectivity index (χ1) is 9.47. The molecule has 6 nitrogen and oxygen atoms in total. The van der Waals surface area contributed by atoms with E-state index in [1.165, 1.54) is 16.7 Å². The second-order valence-electron chi connectivity index (χ2n) is 4.41. The minimum absolute atomic E-state index is 0.101. The average Bonchev–Trinajstić information content (AvgIpc) is 2.43. The summed E-state index contributed by atoms with van der Waals surface area (Å²) < 4.78 is 4.92. The van der Waals surface area contributed by atoms with Crippen LogP contribution in [-0.2, 0) is 14.3 Å². The Kier molecular flexibility index (Phi) is 4.29. The topological polar surface area (TPSA) is 75.7 Å². The minimum atomic E-state index is -0.590. The number of hydrogen-bond donors (Lipinski definition) is 1. The van der Waals surface area contributed by atoms with Gasteiger partial charge in [-0.3, -0.25) is 9.59 Å². The van der Waals surface area contributed by atoms with Gasteiger partial charge in [-0.25, -0.2) is 4.79 Å². The number of carbonyl (C=O) groups excluding carboxylic acids is 3. The lowest BCUT2D eigenvalue weighted by Gasteiger charge is -2.16. The molecule has 0 unspecified atom stereocenters. The van der Waals surface area contributed by atoms with Crippen molar-refractivity contribution < 1.29 is 19.1 Å². The molecule has 0 saturated carbocycles. The Bertz CT molecular complexity index is 571. The zero-order chi connectivity index (χ0) is 14.7. The number of carbonyl (C=O) groups is 3. The maximum Gasteiger partial charge on any atom is 0.338 e. The number of nitrogens with one attached hydrogen (secondary N) is 1. The summed E-state index contributed by atoms with van der Waals surface area (Å²) in [6, 6.07) is 4.93. The molecule has 0 saturated heterocycles. The SMILES string of the molecule is CN(C)C(=O)COC(=O)c1ccc2c(c1)NC(=O)CS2. The van der Waals surface area contributed by atoms with Gasteiger partial charge in [0.15, 0.2) is 6.61 Å². The van der Waals surface area contributed by atoms with Crippen LogP contribution < -0.4 is 5.32 Å². The van der Waals surface area contributed by atoms with Gasteiger partial charge in [0.1, 0.15) is 0 Å². The van der Waals surface area contributed by atoms with Crippen molar-refractivity contribution in [2.24, 2.45) is 0 Å². The molecule has 0 radical (unpaired) electrons. The quantitative estimate of drug-likeness (QED) is 0.841. The zero-order valence-corrected chi connectivity index (χ0v) is 12.0. The second kappa shape index (κ2) is 5.96. The van der Waals surface area contributed by atoms with E-state index in [1.807, 2.05) is 0 Å². The third-order valence-electron chi connectivity index (χ3n) is 2.67. The molecule has 1 N–H and O–H groups in total. The van der Waals surface area contributed by atoms with Crippen molar-refractivity contribution in [1.29, 1.82) is 0 Å². The molecule has 1 aromatic carbocycles. The highest BCUT2D eigenvalue weighted by Gasteiger charge is 2.18. The summed E-state index contributed by atoms with van der Waals surface area (Å²) in [5.74, 6) is -0.613. The van der Waals surface area contributed by atoms with E-state index in [0.717, 1.165) is 4.90 Å². The molecule has 106 valence electrons. The Morgan fingerprint density at radius 2 is 2.15 bits per heavy atom. The third kappa shape index (κ3) is 3.30. The summed E-state index contributed by atoms with van der Waals surface area (Å²) >= 11 is 1.41. The number of nitrogens with zero attached hydrogens (tertiary/aromatic N) is 1. The van der Waals surface area contributed by atoms with Crippen LogP contribution in [0, 0.1) is 0 Å². The summed E-state index contributed by atoms with van der Waals surface area (Å²) in [6.45, 7) is -0.302. The van der Waals surface area contributed by atoms with Gasteiger partial charge in [-0.15, -0.1) is 11.8 Å². The molecular weight excluding hydrogens is 280 g/mol. The molecule has 2 amide bonds. The van der Waals surface area contributed by atoms with Crippen LogP contribution in [0.5, 0.6) is 0 Å². The molecule has 0 spiro atoms. The largest absolute Gasteiger partial charge is 0.452 e. The highest BCUT2D eigenvalue weighted by Crippen LogP contribution is 2.32. The fraction of sp³-hybridized carbons (Fsp3) is 0.308. The minimum Gasteiger partial charge on any atom is -0.452 e. The Labute approximate surface area is 120 Å². The molecule has 1 aliphatic rings. The van der Waals surface area contributed by atoms with Gasteiger partial charge in [0.25, 0.3) is 5.91 Å². The molecule has 1 aromatic rings. The van der Waals surface area contributed by atoms with E-state index in [1.54, 1.807) is 32.3 Å². The molecule has 0 fully saturated rings. The zero-order valence-electron chi connectivity index (χ0n) is 11.1. The number of hydrogen-bond acceptors (Lipinski definition) is 5. The summed E-state index contributed by atoms with van der Waals surface area (Å²) in [4.78, 5) is 36.7. The molecule has 7 heteroatoms. The van der Waals surface area contributed by atoms with Crippen LogP contribution in [-0.4, -0.2) is 49.1 Å². The smallest absolute Gasteiger partial charge is 0.338 e. The van der Waals surface area contributed by atoms with Crippen molar-refractivity contribution in [3.63, 3.8) is 0 Å². The fourth-order valence-electron chi connectivity index (χ4n) is 1.55. The molecule has 0 aromatic heterocycles. The van der Waals surface area contributed by atoms with Gasteiger partial charge >= 0.3 is 5.97 Å². The predicted octanol–water partition coefficient (Wildman–Crippen LogP) is 0.976. The number of rotatable bonds is 3. The van der Waals surface area contributed by atoms with Crippen molar-refractivity contribution in [3.8, 4) is 0 Å². The van der Waals surface area contributed by atoms with E-state index in [0.29, 0.717) is 17.0 Å². The predicted molar refractivity (Wildman–Crippen MR) is 74.8 cm³/mol. The average molecular weight is 294 g/mol. The monoisotopic (exact) mass is 294 g/mol. The first-order valence-electron chi connectivity index (χ1n) is 5.91. The van der Waals surface area contributed by atoms with Crippen molar-refractivity contribution in [2.75, 3.05) is 31.8 Å². The lowest BCUT2D eigenvalue weighted by molar-refractivity contribution is -0.131. The summed E-state index contributed by atoms with van der Waals surface area (Å²) in [6.07, 6.45) is 0. The molecule has 0 aliphatic carbocycles. The van der Waals surface area contributed by atoms with Crippen molar-refractivity contribution in [2.45, 2.75) is 4.90 Å². The molecule has 1 heterocycles. The third-order valence-corrected chi connectivity index (χ3v) is 3.75. The number of thioether (sulfide) groups is 1. The maximum absolute atomic E-state index is 11.8. The summed E-state index contributed by atoms with van der Waals surface area (Å²) in [5.41, 5.74) is 0.901. The highest BCUT2D eigenvalue weighted by molar-refractivity contribution is 8.00. The van der Waals surface area contributed by atoms with Crippen molar-refractivity contribution >= 4 is 35.2 Å². The van der Waals surface area contributed by atoms with Crippen molar-refractivity contribution in [1.82, 2.24) is 4.90 Å². The molecule has 0 atom stereocenters. The molecule has 20 heavy (non-hydrogen) atoms. The van der Waals surface area contributed by atoms with Gasteiger partial charge in [-0.2, -0.15) is 0 Å². The summed E-state index contributed by atoms with van der Waals surface area (Å²) in [5, 5.41) is 2.70. The number of benzene rings is 1. The lowest BCUT2D eigenvalue weighted by Crippen LogP contribution is -2.27. The van der Waals surface area contributed by atoms with Crippen LogP contribution in [0.1, 0.15) is 10.4 Å². The van der Waals surface area contributed by atoms with E-state index in [2.05, 4.69) is 5.32 Å². The molecule has 0 bridgehead atoms. The van der Waals surface area contributed by atoms with Crippen LogP contribution in [0.4, 0.5) is 5.69 Å². The van der Waals surface area contributed by atoms with Crippen LogP contribution in [0.3, 0.4) is 0 Å². The van der Waals surface area contributed by atoms with Gasteiger partial charge in [-0.1, -0.05) is 0 Å². The lowest BCUT2D eigenvalue weighted by atomic mass is 10.2. The highest BCUT2D eigenvalue weighted by atomic mass is 32.2. The van der Waals surface area contributed by atoms with Crippen molar-refractivity contribution in [3.05, 3.63) is 23.8 Å². The van der Waals surface area contributed by atoms with E-state index in [9.17, 15) is 14.4 Å². The second-order valence-corrected chi connectivity index (χ2v) is 5.43. The first kappa shape index (κ1) is 14.4. The number of ether oxygens (including phenoxy) is 1. The van der Waals surface area contributed by atoms with E-state index < -0.39 is 5.97 Å². The Morgan fingerprint density at radius 1 is 1.40 bits per heavy atom. The number of anilines is 1. The van der Waals surface area contributed by atoms with Gasteiger partial charge in [0, 0.05) is 19.0 Å². The number of likely N-dealkylation sites (N-methyl/N-ethyl adjacent to an activating group) is 1. The van der Waals surface area contributed by atoms with E-state index >= 15 is 0 Å². The van der Waals surface area contributed by atoms with Gasteiger partial charge < -0.3 is 15.0 Å². The van der Waals surface area contributed by atoms with E-state index in [-0.39, 0.29) is 18.4 Å². The Hall–Kier alpha value is -2.02. The van der Waals surface area contributed by atoms with Gasteiger partial charge in [-0.05, 0) is 18.2 Å². The Balaban J connectivity index is 2.06. The number of esters is 1. The Morgan fingerprint density at radius 3 is 2.85 bits per heavy atom. The number of fused-ring (bicyclic) bond motifs is 1. The van der Waals surface area contributed by atoms with Crippen LogP contribution in [0.25, 0.3) is 0 Å². The molecule has 2 rings (SSSR count). The van der Waals surface area contributed by atoms with Gasteiger partial charge in [0.2, 0.25) is 5.91 Å². The van der Waals surface area contributed by atoms with Gasteiger partial charge in [0.05, 0.1) is 17.0 Å². The number of amides is 2. The summed E-state index contributed by atoms with van der Waals surface area (Å²) in [7, 11) is 3.17. The first-order valence-corrected chi connectivity index (χ1v) is 6.90.